The van der Waals surface area contributed by atoms with Crippen LogP contribution < -0.4 is 16.0 Å². The van der Waals surface area contributed by atoms with Crippen LogP contribution in [-0.4, -0.2) is 25.0 Å². The highest BCUT2D eigenvalue weighted by atomic mass is 35.5. The van der Waals surface area contributed by atoms with E-state index in [4.69, 9.17) is 17.3 Å². The van der Waals surface area contributed by atoms with Crippen LogP contribution in [0.15, 0.2) is 18.2 Å². The molecule has 1 amide bonds. The summed E-state index contributed by atoms with van der Waals surface area (Å²) < 4.78 is 0. The molecule has 0 fully saturated rings. The first-order valence-corrected chi connectivity index (χ1v) is 6.88. The van der Waals surface area contributed by atoms with Gasteiger partial charge < -0.3 is 16.0 Å². The number of halogens is 1. The molecule has 0 saturated heterocycles. The summed E-state index contributed by atoms with van der Waals surface area (Å²) in [4.78, 5) is 13.8. The Morgan fingerprint density at radius 2 is 2.16 bits per heavy atom. The maximum Gasteiger partial charge on any atom is 0.239 e. The molecule has 0 heterocycles. The van der Waals surface area contributed by atoms with Gasteiger partial charge >= 0.3 is 0 Å². The van der Waals surface area contributed by atoms with Crippen LogP contribution in [0.4, 0.5) is 5.69 Å². The summed E-state index contributed by atoms with van der Waals surface area (Å²) in [5, 5.41) is 3.50. The van der Waals surface area contributed by atoms with Crippen LogP contribution >= 0.6 is 11.6 Å². The number of nitrogens with zero attached hydrogens (tertiary/aromatic N) is 1. The first-order chi connectivity index (χ1) is 8.97. The molecule has 0 radical (unpaired) electrons. The highest BCUT2D eigenvalue weighted by Crippen LogP contribution is 2.26. The summed E-state index contributed by atoms with van der Waals surface area (Å²) in [6.45, 7) is 7.35. The molecular formula is C14H22ClN3O. The van der Waals surface area contributed by atoms with Crippen molar-refractivity contribution in [1.82, 2.24) is 5.32 Å². The van der Waals surface area contributed by atoms with Gasteiger partial charge in [0, 0.05) is 19.1 Å². The molecule has 0 atom stereocenters. The van der Waals surface area contributed by atoms with E-state index in [-0.39, 0.29) is 11.9 Å². The Bertz CT molecular complexity index is 435. The van der Waals surface area contributed by atoms with Crippen molar-refractivity contribution in [2.45, 2.75) is 33.4 Å². The Labute approximate surface area is 119 Å². The van der Waals surface area contributed by atoms with Gasteiger partial charge in [-0.25, -0.2) is 0 Å². The van der Waals surface area contributed by atoms with E-state index in [1.54, 1.807) is 0 Å². The van der Waals surface area contributed by atoms with Gasteiger partial charge in [-0.15, -0.1) is 0 Å². The summed E-state index contributed by atoms with van der Waals surface area (Å²) >= 11 is 6.24. The summed E-state index contributed by atoms with van der Waals surface area (Å²) in [6.07, 6.45) is 0. The highest BCUT2D eigenvalue weighted by molar-refractivity contribution is 6.33. The predicted molar refractivity (Wildman–Crippen MR) is 80.5 cm³/mol. The first-order valence-electron chi connectivity index (χ1n) is 6.50. The zero-order valence-corrected chi connectivity index (χ0v) is 12.5. The maximum atomic E-state index is 11.8. The Balaban J connectivity index is 2.82. The molecular weight excluding hydrogens is 262 g/mol. The van der Waals surface area contributed by atoms with Crippen molar-refractivity contribution >= 4 is 23.2 Å². The van der Waals surface area contributed by atoms with E-state index in [2.05, 4.69) is 5.32 Å². The molecule has 1 aromatic rings. The number of carbonyl (C=O) groups is 1. The van der Waals surface area contributed by atoms with Gasteiger partial charge in [0.25, 0.3) is 0 Å². The van der Waals surface area contributed by atoms with E-state index >= 15 is 0 Å². The van der Waals surface area contributed by atoms with E-state index in [9.17, 15) is 4.79 Å². The molecule has 19 heavy (non-hydrogen) atoms. The second-order valence-electron chi connectivity index (χ2n) is 4.73. The van der Waals surface area contributed by atoms with Gasteiger partial charge in [-0.05, 0) is 38.5 Å². The number of carbonyl (C=O) groups excluding carboxylic acids is 1. The average Bonchev–Trinajstić information content (AvgIpc) is 2.35. The van der Waals surface area contributed by atoms with Gasteiger partial charge in [0.15, 0.2) is 0 Å². The Kier molecular flexibility index (Phi) is 6.12. The van der Waals surface area contributed by atoms with Crippen molar-refractivity contribution in [2.75, 3.05) is 18.0 Å². The Hall–Kier alpha value is -1.26. The van der Waals surface area contributed by atoms with Crippen molar-refractivity contribution in [3.05, 3.63) is 28.8 Å². The lowest BCUT2D eigenvalue weighted by Crippen LogP contribution is -2.40. The molecule has 5 heteroatoms. The van der Waals surface area contributed by atoms with Crippen LogP contribution in [0.3, 0.4) is 0 Å². The lowest BCUT2D eigenvalue weighted by molar-refractivity contribution is -0.120. The van der Waals surface area contributed by atoms with Gasteiger partial charge in [-0.1, -0.05) is 17.7 Å². The second kappa shape index (κ2) is 7.36. The van der Waals surface area contributed by atoms with Gasteiger partial charge in [0.2, 0.25) is 5.91 Å². The number of amides is 1. The fourth-order valence-corrected chi connectivity index (χ4v) is 2.16. The van der Waals surface area contributed by atoms with E-state index in [0.29, 0.717) is 24.7 Å². The Morgan fingerprint density at radius 3 is 2.63 bits per heavy atom. The number of benzene rings is 1. The normalized spacial score (nSPS) is 10.6. The molecule has 1 rings (SSSR count). The molecule has 0 aliphatic heterocycles. The van der Waals surface area contributed by atoms with E-state index in [0.717, 1.165) is 11.3 Å². The minimum atomic E-state index is -0.00387. The molecule has 0 spiro atoms. The van der Waals surface area contributed by atoms with Gasteiger partial charge in [0.1, 0.15) is 0 Å². The van der Waals surface area contributed by atoms with Crippen LogP contribution in [0, 0.1) is 0 Å². The summed E-state index contributed by atoms with van der Waals surface area (Å²) in [5.41, 5.74) is 7.42. The number of nitrogens with one attached hydrogen (secondary N) is 1. The summed E-state index contributed by atoms with van der Waals surface area (Å²) in [7, 11) is 0. The third-order valence-electron chi connectivity index (χ3n) is 2.75. The molecule has 0 aliphatic carbocycles. The zero-order valence-electron chi connectivity index (χ0n) is 11.7. The van der Waals surface area contributed by atoms with E-state index in [1.165, 1.54) is 0 Å². The quantitative estimate of drug-likeness (QED) is 0.841. The number of hydrogen-bond acceptors (Lipinski definition) is 3. The minimum Gasteiger partial charge on any atom is -0.361 e. The Morgan fingerprint density at radius 1 is 1.47 bits per heavy atom. The SMILES string of the molecule is CCN(CC(=O)NC(C)C)c1ccc(CN)cc1Cl. The monoisotopic (exact) mass is 283 g/mol. The van der Waals surface area contributed by atoms with Crippen LogP contribution in [0.1, 0.15) is 26.3 Å². The minimum absolute atomic E-state index is 0.00387. The van der Waals surface area contributed by atoms with Crippen molar-refractivity contribution in [3.63, 3.8) is 0 Å². The van der Waals surface area contributed by atoms with E-state index < -0.39 is 0 Å². The standard InChI is InChI=1S/C14H22ClN3O/c1-4-18(9-14(19)17-10(2)3)13-6-5-11(8-16)7-12(13)15/h5-7,10H,4,8-9,16H2,1-3H3,(H,17,19). The van der Waals surface area contributed by atoms with Crippen molar-refractivity contribution in [2.24, 2.45) is 5.73 Å². The lowest BCUT2D eigenvalue weighted by Gasteiger charge is -2.24. The van der Waals surface area contributed by atoms with Gasteiger partial charge in [-0.2, -0.15) is 0 Å². The lowest BCUT2D eigenvalue weighted by atomic mass is 10.2. The number of nitrogens with two attached hydrogens (primary N) is 1. The maximum absolute atomic E-state index is 11.8. The average molecular weight is 284 g/mol. The molecule has 106 valence electrons. The smallest absolute Gasteiger partial charge is 0.239 e. The fourth-order valence-electron chi connectivity index (χ4n) is 1.84. The molecule has 4 nitrogen and oxygen atoms in total. The zero-order chi connectivity index (χ0) is 14.4. The topological polar surface area (TPSA) is 58.4 Å². The third-order valence-corrected chi connectivity index (χ3v) is 3.06. The molecule has 0 aromatic heterocycles. The molecule has 0 bridgehead atoms. The molecule has 1 aromatic carbocycles. The molecule has 3 N–H and O–H groups in total. The van der Waals surface area contributed by atoms with Crippen LogP contribution in [0.5, 0.6) is 0 Å². The molecule has 0 unspecified atom stereocenters. The van der Waals surface area contributed by atoms with Gasteiger partial charge in [-0.3, -0.25) is 4.79 Å². The van der Waals surface area contributed by atoms with E-state index in [1.807, 2.05) is 43.9 Å². The summed E-state index contributed by atoms with van der Waals surface area (Å²) in [6, 6.07) is 5.84. The molecule has 0 saturated carbocycles. The van der Waals surface area contributed by atoms with Crippen LogP contribution in [0.2, 0.25) is 5.02 Å². The first kappa shape index (κ1) is 15.8. The number of anilines is 1. The second-order valence-corrected chi connectivity index (χ2v) is 5.13. The largest absolute Gasteiger partial charge is 0.361 e. The summed E-state index contributed by atoms with van der Waals surface area (Å²) in [5.74, 6) is -0.00387. The predicted octanol–water partition coefficient (Wildman–Crippen LogP) is 2.15. The van der Waals surface area contributed by atoms with Crippen LogP contribution in [-0.2, 0) is 11.3 Å². The van der Waals surface area contributed by atoms with Gasteiger partial charge in [0.05, 0.1) is 17.3 Å². The van der Waals surface area contributed by atoms with Crippen molar-refractivity contribution < 1.29 is 4.79 Å². The van der Waals surface area contributed by atoms with Crippen molar-refractivity contribution in [3.8, 4) is 0 Å². The number of likely N-dealkylation sites (N-methyl/N-ethyl adjacent to an activating group) is 1. The van der Waals surface area contributed by atoms with Crippen molar-refractivity contribution in [1.29, 1.82) is 0 Å². The highest BCUT2D eigenvalue weighted by Gasteiger charge is 2.13. The molecule has 0 aliphatic rings. The third kappa shape index (κ3) is 4.73. The van der Waals surface area contributed by atoms with Crippen LogP contribution in [0.25, 0.3) is 0 Å². The number of rotatable bonds is 6. The fraction of sp³-hybridized carbons (Fsp3) is 0.500. The number of hydrogen-bond donors (Lipinski definition) is 2.